The summed E-state index contributed by atoms with van der Waals surface area (Å²) in [5, 5.41) is 2.73. The number of amides is 2. The summed E-state index contributed by atoms with van der Waals surface area (Å²) < 4.78 is 39.0. The maximum atomic E-state index is 13.1. The molecule has 1 fully saturated rings. The first kappa shape index (κ1) is 24.2. The lowest BCUT2D eigenvalue weighted by molar-refractivity contribution is -0.141. The molecule has 0 saturated carbocycles. The quantitative estimate of drug-likeness (QED) is 0.767. The second-order valence-electron chi connectivity index (χ2n) is 7.37. The van der Waals surface area contributed by atoms with Gasteiger partial charge in [0.25, 0.3) is 0 Å². The molecule has 1 aliphatic rings. The van der Waals surface area contributed by atoms with Crippen molar-refractivity contribution in [1.29, 1.82) is 0 Å². The highest BCUT2D eigenvalue weighted by atomic mass is 35.5. The van der Waals surface area contributed by atoms with Crippen LogP contribution in [-0.4, -0.2) is 42.9 Å². The number of nitrogens with one attached hydrogen (secondary N) is 1. The molecule has 158 valence electrons. The third-order valence-electron chi connectivity index (χ3n) is 4.97. The summed E-state index contributed by atoms with van der Waals surface area (Å²) in [6.07, 6.45) is -3.12. The third-order valence-corrected chi connectivity index (χ3v) is 4.97. The van der Waals surface area contributed by atoms with Gasteiger partial charge < -0.3 is 16.0 Å². The minimum atomic E-state index is -4.47. The van der Waals surface area contributed by atoms with E-state index in [2.05, 4.69) is 5.32 Å². The number of benzene rings is 1. The summed E-state index contributed by atoms with van der Waals surface area (Å²) >= 11 is 0. The zero-order valence-electron chi connectivity index (χ0n) is 16.0. The Morgan fingerprint density at radius 1 is 1.25 bits per heavy atom. The molecule has 1 heterocycles. The maximum absolute atomic E-state index is 13.1. The van der Waals surface area contributed by atoms with E-state index in [4.69, 9.17) is 5.73 Å². The Morgan fingerprint density at radius 2 is 1.89 bits per heavy atom. The number of piperidine rings is 1. The average molecular weight is 422 g/mol. The maximum Gasteiger partial charge on any atom is 0.416 e. The van der Waals surface area contributed by atoms with E-state index in [1.807, 2.05) is 0 Å². The predicted octanol–water partition coefficient (Wildman–Crippen LogP) is 2.72. The number of alkyl halides is 3. The SMILES string of the molecule is CC(C)(C(=O)N1CCCC(C(=O)NCCN)C1)c1cccc(C(F)(F)F)c1.Cl. The highest BCUT2D eigenvalue weighted by Gasteiger charge is 2.39. The van der Waals surface area contributed by atoms with Crippen LogP contribution in [-0.2, 0) is 21.2 Å². The summed E-state index contributed by atoms with van der Waals surface area (Å²) in [5.41, 5.74) is 3.78. The van der Waals surface area contributed by atoms with Gasteiger partial charge in [-0.25, -0.2) is 0 Å². The van der Waals surface area contributed by atoms with Crippen LogP contribution in [0.15, 0.2) is 24.3 Å². The number of rotatable bonds is 5. The van der Waals surface area contributed by atoms with Crippen molar-refractivity contribution in [3.8, 4) is 0 Å². The zero-order chi connectivity index (χ0) is 20.2. The lowest BCUT2D eigenvalue weighted by atomic mass is 9.81. The van der Waals surface area contributed by atoms with Gasteiger partial charge in [-0.15, -0.1) is 12.4 Å². The number of nitrogens with zero attached hydrogens (tertiary/aromatic N) is 1. The summed E-state index contributed by atoms with van der Waals surface area (Å²) in [7, 11) is 0. The first-order chi connectivity index (χ1) is 12.6. The summed E-state index contributed by atoms with van der Waals surface area (Å²) in [6, 6.07) is 4.85. The van der Waals surface area contributed by atoms with Gasteiger partial charge in [-0.3, -0.25) is 9.59 Å². The van der Waals surface area contributed by atoms with Crippen molar-refractivity contribution in [3.05, 3.63) is 35.4 Å². The van der Waals surface area contributed by atoms with Gasteiger partial charge in [-0.05, 0) is 38.3 Å². The van der Waals surface area contributed by atoms with Crippen molar-refractivity contribution in [1.82, 2.24) is 10.2 Å². The van der Waals surface area contributed by atoms with Crippen LogP contribution in [0.1, 0.15) is 37.8 Å². The predicted molar refractivity (Wildman–Crippen MR) is 103 cm³/mol. The average Bonchev–Trinajstić information content (AvgIpc) is 2.65. The van der Waals surface area contributed by atoms with E-state index >= 15 is 0 Å². The van der Waals surface area contributed by atoms with E-state index in [9.17, 15) is 22.8 Å². The fourth-order valence-electron chi connectivity index (χ4n) is 3.32. The largest absolute Gasteiger partial charge is 0.416 e. The van der Waals surface area contributed by atoms with Crippen LogP contribution in [0.3, 0.4) is 0 Å². The minimum absolute atomic E-state index is 0. The Labute approximate surface area is 169 Å². The zero-order valence-corrected chi connectivity index (χ0v) is 16.8. The van der Waals surface area contributed by atoms with Gasteiger partial charge in [-0.2, -0.15) is 13.2 Å². The van der Waals surface area contributed by atoms with E-state index in [0.29, 0.717) is 38.0 Å². The number of carbonyl (C=O) groups is 2. The van der Waals surface area contributed by atoms with Crippen LogP contribution in [0.25, 0.3) is 0 Å². The fraction of sp³-hybridized carbons (Fsp3) is 0.579. The molecule has 0 radical (unpaired) electrons. The molecule has 2 rings (SSSR count). The molecule has 1 aromatic rings. The van der Waals surface area contributed by atoms with Crippen molar-refractivity contribution in [2.75, 3.05) is 26.2 Å². The van der Waals surface area contributed by atoms with Gasteiger partial charge in [0, 0.05) is 26.2 Å². The molecule has 0 aliphatic carbocycles. The Morgan fingerprint density at radius 3 is 2.50 bits per heavy atom. The number of hydrogen-bond donors (Lipinski definition) is 2. The van der Waals surface area contributed by atoms with E-state index in [1.54, 1.807) is 18.7 Å². The van der Waals surface area contributed by atoms with Gasteiger partial charge in [-0.1, -0.05) is 18.2 Å². The van der Waals surface area contributed by atoms with Crippen molar-refractivity contribution in [2.24, 2.45) is 11.7 Å². The van der Waals surface area contributed by atoms with E-state index in [1.165, 1.54) is 12.1 Å². The highest BCUT2D eigenvalue weighted by molar-refractivity contribution is 5.88. The van der Waals surface area contributed by atoms with E-state index < -0.39 is 17.2 Å². The number of nitrogens with two attached hydrogens (primary N) is 1. The normalized spacial score (nSPS) is 17.6. The molecular weight excluding hydrogens is 395 g/mol. The monoisotopic (exact) mass is 421 g/mol. The lowest BCUT2D eigenvalue weighted by Crippen LogP contribution is -2.50. The molecule has 28 heavy (non-hydrogen) atoms. The van der Waals surface area contributed by atoms with Crippen molar-refractivity contribution < 1.29 is 22.8 Å². The smallest absolute Gasteiger partial charge is 0.355 e. The first-order valence-electron chi connectivity index (χ1n) is 9.02. The summed E-state index contributed by atoms with van der Waals surface area (Å²) in [5.74, 6) is -0.750. The van der Waals surface area contributed by atoms with Crippen LogP contribution in [0.5, 0.6) is 0 Å². The molecule has 1 aromatic carbocycles. The lowest BCUT2D eigenvalue weighted by Gasteiger charge is -2.37. The Hall–Kier alpha value is -1.80. The van der Waals surface area contributed by atoms with Crippen molar-refractivity contribution in [3.63, 3.8) is 0 Å². The number of halogens is 4. The Bertz CT molecular complexity index is 695. The molecular formula is C19H27ClF3N3O2. The molecule has 1 saturated heterocycles. The number of hydrogen-bond acceptors (Lipinski definition) is 3. The first-order valence-corrected chi connectivity index (χ1v) is 9.02. The van der Waals surface area contributed by atoms with Gasteiger partial charge >= 0.3 is 6.18 Å². The number of carbonyl (C=O) groups excluding carboxylic acids is 2. The third kappa shape index (κ3) is 5.61. The Kier molecular flexibility index (Phi) is 8.31. The molecule has 0 aromatic heterocycles. The van der Waals surface area contributed by atoms with Crippen LogP contribution in [0.4, 0.5) is 13.2 Å². The molecule has 0 spiro atoms. The highest BCUT2D eigenvalue weighted by Crippen LogP contribution is 2.34. The van der Waals surface area contributed by atoms with Gasteiger partial charge in [0.15, 0.2) is 0 Å². The topological polar surface area (TPSA) is 75.4 Å². The molecule has 2 amide bonds. The molecule has 1 atom stereocenters. The van der Waals surface area contributed by atoms with Crippen molar-refractivity contribution in [2.45, 2.75) is 38.3 Å². The van der Waals surface area contributed by atoms with Crippen LogP contribution >= 0.6 is 12.4 Å². The molecule has 5 nitrogen and oxygen atoms in total. The number of likely N-dealkylation sites (tertiary alicyclic amines) is 1. The van der Waals surface area contributed by atoms with Gasteiger partial charge in [0.05, 0.1) is 16.9 Å². The van der Waals surface area contributed by atoms with Crippen molar-refractivity contribution >= 4 is 24.2 Å². The second-order valence-corrected chi connectivity index (χ2v) is 7.37. The molecule has 3 N–H and O–H groups in total. The van der Waals surface area contributed by atoms with Crippen LogP contribution in [0.2, 0.25) is 0 Å². The summed E-state index contributed by atoms with van der Waals surface area (Å²) in [4.78, 5) is 26.8. The van der Waals surface area contributed by atoms with Gasteiger partial charge in [0.2, 0.25) is 11.8 Å². The molecule has 0 bridgehead atoms. The van der Waals surface area contributed by atoms with Crippen LogP contribution in [0, 0.1) is 5.92 Å². The van der Waals surface area contributed by atoms with E-state index in [0.717, 1.165) is 12.1 Å². The van der Waals surface area contributed by atoms with E-state index in [-0.39, 0.29) is 36.7 Å². The second kappa shape index (κ2) is 9.60. The van der Waals surface area contributed by atoms with Crippen LogP contribution < -0.4 is 11.1 Å². The molecule has 1 unspecified atom stereocenters. The minimum Gasteiger partial charge on any atom is -0.355 e. The molecule has 1 aliphatic heterocycles. The summed E-state index contributed by atoms with van der Waals surface area (Å²) in [6.45, 7) is 4.69. The standard InChI is InChI=1S/C19H26F3N3O2.ClH/c1-18(2,14-6-3-7-15(11-14)19(20,21)22)17(27)25-10-4-5-13(12-25)16(26)24-9-8-23;/h3,6-7,11,13H,4-5,8-10,12,23H2,1-2H3,(H,24,26);1H. The Balaban J connectivity index is 0.00000392. The van der Waals surface area contributed by atoms with Gasteiger partial charge in [0.1, 0.15) is 0 Å². The fourth-order valence-corrected chi connectivity index (χ4v) is 3.32. The molecule has 9 heteroatoms.